The smallest absolute Gasteiger partial charge is 0.338 e. The molecule has 0 amide bonds. The standard InChI is InChI=1S/C17H10F3N3O2/c1-2-25-17(24)9-3-5-10(6-4-9)23-16-14(19)12(8-22)11(7-21)13(18)15(16)20/h3-6,23H,2H2,1H3. The molecule has 5 nitrogen and oxygen atoms in total. The number of benzene rings is 2. The number of nitriles is 2. The molecule has 0 atom stereocenters. The normalized spacial score (nSPS) is 9.84. The van der Waals surface area contributed by atoms with Crippen molar-refractivity contribution in [2.45, 2.75) is 6.92 Å². The van der Waals surface area contributed by atoms with E-state index < -0.39 is 40.2 Å². The van der Waals surface area contributed by atoms with Crippen LogP contribution >= 0.6 is 0 Å². The van der Waals surface area contributed by atoms with E-state index >= 15 is 0 Å². The molecular weight excluding hydrogens is 335 g/mol. The number of ether oxygens (including phenoxy) is 1. The number of carbonyl (C=O) groups is 1. The van der Waals surface area contributed by atoms with Gasteiger partial charge in [0, 0.05) is 5.69 Å². The Hall–Kier alpha value is -3.52. The van der Waals surface area contributed by atoms with Gasteiger partial charge in [-0.3, -0.25) is 0 Å². The molecular formula is C17H10F3N3O2. The Kier molecular flexibility index (Phi) is 5.25. The van der Waals surface area contributed by atoms with Crippen LogP contribution in [0.3, 0.4) is 0 Å². The first kappa shape index (κ1) is 17.8. The molecule has 2 rings (SSSR count). The van der Waals surface area contributed by atoms with Crippen LogP contribution in [0.25, 0.3) is 0 Å². The molecule has 126 valence electrons. The third-order valence-electron chi connectivity index (χ3n) is 3.21. The number of esters is 1. The van der Waals surface area contributed by atoms with E-state index in [-0.39, 0.29) is 17.9 Å². The minimum Gasteiger partial charge on any atom is -0.462 e. The molecule has 0 aliphatic heterocycles. The molecule has 0 bridgehead atoms. The van der Waals surface area contributed by atoms with Crippen LogP contribution in [-0.2, 0) is 4.74 Å². The number of nitrogens with one attached hydrogen (secondary N) is 1. The van der Waals surface area contributed by atoms with Crippen LogP contribution in [0, 0.1) is 40.1 Å². The van der Waals surface area contributed by atoms with Gasteiger partial charge in [0.1, 0.15) is 29.0 Å². The molecule has 2 aromatic rings. The zero-order valence-corrected chi connectivity index (χ0v) is 12.9. The second-order valence-corrected chi connectivity index (χ2v) is 4.71. The predicted octanol–water partition coefficient (Wildman–Crippen LogP) is 3.77. The van der Waals surface area contributed by atoms with Crippen molar-refractivity contribution in [1.29, 1.82) is 10.5 Å². The van der Waals surface area contributed by atoms with E-state index in [1.807, 2.05) is 0 Å². The van der Waals surface area contributed by atoms with E-state index in [1.54, 1.807) is 6.92 Å². The van der Waals surface area contributed by atoms with Gasteiger partial charge >= 0.3 is 5.97 Å². The lowest BCUT2D eigenvalue weighted by molar-refractivity contribution is 0.0526. The van der Waals surface area contributed by atoms with Gasteiger partial charge in [0.2, 0.25) is 0 Å². The molecule has 0 aromatic heterocycles. The van der Waals surface area contributed by atoms with Crippen molar-refractivity contribution < 1.29 is 22.7 Å². The van der Waals surface area contributed by atoms with E-state index in [2.05, 4.69) is 5.32 Å². The molecule has 0 heterocycles. The topological polar surface area (TPSA) is 85.9 Å². The van der Waals surface area contributed by atoms with Crippen molar-refractivity contribution in [3.63, 3.8) is 0 Å². The van der Waals surface area contributed by atoms with Crippen LogP contribution in [0.15, 0.2) is 24.3 Å². The SMILES string of the molecule is CCOC(=O)c1ccc(Nc2c(F)c(F)c(C#N)c(C#N)c2F)cc1. The van der Waals surface area contributed by atoms with Gasteiger partial charge in [-0.2, -0.15) is 10.5 Å². The second kappa shape index (κ2) is 7.37. The van der Waals surface area contributed by atoms with Crippen LogP contribution in [0.5, 0.6) is 0 Å². The van der Waals surface area contributed by atoms with Gasteiger partial charge in [0.05, 0.1) is 12.2 Å². The summed E-state index contributed by atoms with van der Waals surface area (Å²) >= 11 is 0. The Bertz CT molecular complexity index is 913. The molecule has 0 saturated heterocycles. The Morgan fingerprint density at radius 2 is 1.60 bits per heavy atom. The summed E-state index contributed by atoms with van der Waals surface area (Å²) in [5.74, 6) is -5.19. The quantitative estimate of drug-likeness (QED) is 0.673. The van der Waals surface area contributed by atoms with Crippen molar-refractivity contribution in [3.05, 3.63) is 58.4 Å². The van der Waals surface area contributed by atoms with Gasteiger partial charge in [-0.15, -0.1) is 0 Å². The fraction of sp³-hybridized carbons (Fsp3) is 0.118. The highest BCUT2D eigenvalue weighted by Crippen LogP contribution is 2.30. The van der Waals surface area contributed by atoms with Crippen LogP contribution in [0.2, 0.25) is 0 Å². The molecule has 0 aliphatic rings. The summed E-state index contributed by atoms with van der Waals surface area (Å²) < 4.78 is 46.9. The molecule has 1 N–H and O–H groups in total. The van der Waals surface area contributed by atoms with Gasteiger partial charge in [-0.25, -0.2) is 18.0 Å². The van der Waals surface area contributed by atoms with Crippen LogP contribution in [0.4, 0.5) is 24.5 Å². The second-order valence-electron chi connectivity index (χ2n) is 4.71. The molecule has 0 aliphatic carbocycles. The predicted molar refractivity (Wildman–Crippen MR) is 81.4 cm³/mol. The van der Waals surface area contributed by atoms with Gasteiger partial charge in [-0.1, -0.05) is 0 Å². The van der Waals surface area contributed by atoms with Crippen molar-refractivity contribution in [1.82, 2.24) is 0 Å². The maximum atomic E-state index is 14.2. The van der Waals surface area contributed by atoms with E-state index in [1.165, 1.54) is 36.4 Å². The molecule has 0 fully saturated rings. The first-order chi connectivity index (χ1) is 11.9. The van der Waals surface area contributed by atoms with Crippen LogP contribution in [0.1, 0.15) is 28.4 Å². The first-order valence-electron chi connectivity index (χ1n) is 6.99. The highest BCUT2D eigenvalue weighted by atomic mass is 19.2. The van der Waals surface area contributed by atoms with Crippen molar-refractivity contribution >= 4 is 17.3 Å². The minimum absolute atomic E-state index is 0.138. The van der Waals surface area contributed by atoms with E-state index in [0.29, 0.717) is 0 Å². The van der Waals surface area contributed by atoms with Crippen molar-refractivity contribution in [3.8, 4) is 12.1 Å². The van der Waals surface area contributed by atoms with E-state index in [9.17, 15) is 18.0 Å². The zero-order chi connectivity index (χ0) is 18.6. The Morgan fingerprint density at radius 1 is 1.04 bits per heavy atom. The highest BCUT2D eigenvalue weighted by Gasteiger charge is 2.25. The summed E-state index contributed by atoms with van der Waals surface area (Å²) in [5, 5.41) is 19.9. The van der Waals surface area contributed by atoms with E-state index in [0.717, 1.165) is 0 Å². The Morgan fingerprint density at radius 3 is 2.12 bits per heavy atom. The number of hydrogen-bond donors (Lipinski definition) is 1. The zero-order valence-electron chi connectivity index (χ0n) is 12.9. The molecule has 0 radical (unpaired) electrons. The van der Waals surface area contributed by atoms with Gasteiger partial charge in [-0.05, 0) is 31.2 Å². The average Bonchev–Trinajstić information content (AvgIpc) is 2.62. The number of hydrogen-bond acceptors (Lipinski definition) is 5. The highest BCUT2D eigenvalue weighted by molar-refractivity contribution is 5.90. The minimum atomic E-state index is -1.62. The maximum Gasteiger partial charge on any atom is 0.338 e. The number of anilines is 2. The van der Waals surface area contributed by atoms with Gasteiger partial charge in [0.25, 0.3) is 0 Å². The number of halogens is 3. The Labute approximate surface area is 140 Å². The first-order valence-corrected chi connectivity index (χ1v) is 6.99. The summed E-state index contributed by atoms with van der Waals surface area (Å²) in [6.07, 6.45) is 0. The summed E-state index contributed by atoms with van der Waals surface area (Å²) in [6.45, 7) is 1.84. The summed E-state index contributed by atoms with van der Waals surface area (Å²) in [6, 6.07) is 7.95. The lowest BCUT2D eigenvalue weighted by Crippen LogP contribution is -2.07. The van der Waals surface area contributed by atoms with E-state index in [4.69, 9.17) is 15.3 Å². The molecule has 8 heteroatoms. The van der Waals surface area contributed by atoms with Crippen LogP contribution in [-0.4, -0.2) is 12.6 Å². The lowest BCUT2D eigenvalue weighted by Gasteiger charge is -2.12. The molecule has 0 saturated carbocycles. The van der Waals surface area contributed by atoms with Gasteiger partial charge in [0.15, 0.2) is 17.5 Å². The number of rotatable bonds is 4. The number of nitrogens with zero attached hydrogens (tertiary/aromatic N) is 2. The van der Waals surface area contributed by atoms with Crippen molar-refractivity contribution in [2.75, 3.05) is 11.9 Å². The Balaban J connectivity index is 2.42. The molecule has 25 heavy (non-hydrogen) atoms. The third kappa shape index (κ3) is 3.38. The van der Waals surface area contributed by atoms with Gasteiger partial charge < -0.3 is 10.1 Å². The van der Waals surface area contributed by atoms with Crippen LogP contribution < -0.4 is 5.32 Å². The molecule has 0 spiro atoms. The molecule has 2 aromatic carbocycles. The number of carbonyl (C=O) groups excluding carboxylic acids is 1. The summed E-state index contributed by atoms with van der Waals surface area (Å²) in [7, 11) is 0. The summed E-state index contributed by atoms with van der Waals surface area (Å²) in [4.78, 5) is 11.5. The van der Waals surface area contributed by atoms with Crippen molar-refractivity contribution in [2.24, 2.45) is 0 Å². The average molecular weight is 345 g/mol. The molecule has 0 unspecified atom stereocenters. The summed E-state index contributed by atoms with van der Waals surface area (Å²) in [5.41, 5.74) is -2.44. The third-order valence-corrected chi connectivity index (χ3v) is 3.21. The fourth-order valence-electron chi connectivity index (χ4n) is 2.03. The largest absolute Gasteiger partial charge is 0.462 e. The fourth-order valence-corrected chi connectivity index (χ4v) is 2.03. The lowest BCUT2D eigenvalue weighted by atomic mass is 10.1. The maximum absolute atomic E-state index is 14.2. The monoisotopic (exact) mass is 345 g/mol.